The Bertz CT molecular complexity index is 2650. The Morgan fingerprint density at radius 2 is 0.821 bits per heavy atom. The molecule has 0 bridgehead atoms. The van der Waals surface area contributed by atoms with Crippen LogP contribution in [0.2, 0.25) is 0 Å². The number of hydrogen-bond donors (Lipinski definition) is 0. The first-order valence-corrected chi connectivity index (χ1v) is 21.1. The molecule has 56 heavy (non-hydrogen) atoms. The van der Waals surface area contributed by atoms with Crippen LogP contribution in [0.15, 0.2) is 185 Å². The molecule has 1 aliphatic carbocycles. The summed E-state index contributed by atoms with van der Waals surface area (Å²) in [5.74, 6) is -0.636. The van der Waals surface area contributed by atoms with Crippen molar-refractivity contribution in [1.82, 2.24) is 0 Å². The molecule has 278 valence electrons. The zero-order chi connectivity index (χ0) is 39.2. The number of rotatable bonds is 8. The van der Waals surface area contributed by atoms with Gasteiger partial charge in [-0.15, -0.1) is 0 Å². The summed E-state index contributed by atoms with van der Waals surface area (Å²) in [6, 6.07) is 44.4. The molecule has 0 spiro atoms. The molecule has 0 saturated carbocycles. The number of hydrogen-bond acceptors (Lipinski definition) is 6. The fraction of sp³-hybridized carbons (Fsp3) is 0.106. The van der Waals surface area contributed by atoms with Crippen LogP contribution in [-0.2, 0) is 11.6 Å². The average molecular weight is 815 g/mol. The lowest BCUT2D eigenvalue weighted by Crippen LogP contribution is -2.24. The van der Waals surface area contributed by atoms with E-state index in [2.05, 4.69) is 39.0 Å². The molecular formula is C47H33F3O2S4. The van der Waals surface area contributed by atoms with E-state index in [-0.39, 0.29) is 28.1 Å². The third-order valence-electron chi connectivity index (χ3n) is 9.42. The van der Waals surface area contributed by atoms with Crippen molar-refractivity contribution >= 4 is 69.4 Å². The summed E-state index contributed by atoms with van der Waals surface area (Å²) in [4.78, 5) is 35.9. The van der Waals surface area contributed by atoms with Crippen LogP contribution < -0.4 is 0 Å². The van der Waals surface area contributed by atoms with Crippen LogP contribution >= 0.6 is 47.0 Å². The molecule has 0 aromatic heterocycles. The van der Waals surface area contributed by atoms with E-state index in [4.69, 9.17) is 0 Å². The summed E-state index contributed by atoms with van der Waals surface area (Å²) < 4.78 is 41.3. The number of carbonyl (C=O) groups is 2. The first kappa shape index (κ1) is 38.2. The maximum Gasteiger partial charge on any atom is 0.416 e. The lowest BCUT2D eigenvalue weighted by molar-refractivity contribution is -0.137. The normalized spacial score (nSPS) is 12.8. The van der Waals surface area contributed by atoms with Crippen LogP contribution in [0.4, 0.5) is 13.2 Å². The van der Waals surface area contributed by atoms with Crippen molar-refractivity contribution < 1.29 is 22.8 Å². The van der Waals surface area contributed by atoms with Gasteiger partial charge >= 0.3 is 6.18 Å². The molecule has 2 nitrogen and oxygen atoms in total. The summed E-state index contributed by atoms with van der Waals surface area (Å²) in [7, 11) is 0. The zero-order valence-corrected chi connectivity index (χ0v) is 33.7. The van der Waals surface area contributed by atoms with Crippen molar-refractivity contribution in [3.05, 3.63) is 179 Å². The SMILES string of the molecule is CC(C)(C)c1ccc(Sc2ccc(Sc3ccc4ccccc4c3)c3c2C(=O)c2c(Sc4ccccc4)ccc(Sc4cccc(C(F)(F)F)c4)c2C3=O)cc1. The average Bonchev–Trinajstić information content (AvgIpc) is 3.18. The molecule has 0 unspecified atom stereocenters. The van der Waals surface area contributed by atoms with E-state index >= 15 is 9.59 Å². The van der Waals surface area contributed by atoms with E-state index < -0.39 is 11.7 Å². The number of fused-ring (bicyclic) bond motifs is 3. The lowest BCUT2D eigenvalue weighted by Gasteiger charge is -2.26. The molecule has 0 saturated heterocycles. The first-order chi connectivity index (χ1) is 26.8. The number of alkyl halides is 3. The maximum absolute atomic E-state index is 15.3. The Labute approximate surface area is 340 Å². The van der Waals surface area contributed by atoms with Crippen molar-refractivity contribution in [3.63, 3.8) is 0 Å². The highest BCUT2D eigenvalue weighted by molar-refractivity contribution is 8.00. The summed E-state index contributed by atoms with van der Waals surface area (Å²) in [5.41, 5.74) is 1.44. The summed E-state index contributed by atoms with van der Waals surface area (Å²) >= 11 is 5.29. The predicted octanol–water partition coefficient (Wildman–Crippen LogP) is 14.5. The van der Waals surface area contributed by atoms with Crippen LogP contribution in [0.5, 0.6) is 0 Å². The number of carbonyl (C=O) groups excluding carboxylic acids is 2. The van der Waals surface area contributed by atoms with Gasteiger partial charge in [-0.3, -0.25) is 9.59 Å². The van der Waals surface area contributed by atoms with E-state index in [1.165, 1.54) is 46.9 Å². The van der Waals surface area contributed by atoms with Gasteiger partial charge in [0.2, 0.25) is 0 Å². The molecule has 0 amide bonds. The Morgan fingerprint density at radius 1 is 0.393 bits per heavy atom. The Hall–Kier alpha value is -4.67. The molecule has 1 aliphatic rings. The van der Waals surface area contributed by atoms with Gasteiger partial charge in [0, 0.05) is 61.4 Å². The Kier molecular flexibility index (Phi) is 10.5. The molecule has 0 radical (unpaired) electrons. The van der Waals surface area contributed by atoms with Gasteiger partial charge in [0.1, 0.15) is 0 Å². The van der Waals surface area contributed by atoms with Crippen LogP contribution in [0.1, 0.15) is 63.7 Å². The summed E-state index contributed by atoms with van der Waals surface area (Å²) in [6.45, 7) is 6.47. The van der Waals surface area contributed by atoms with Gasteiger partial charge < -0.3 is 0 Å². The second-order valence-corrected chi connectivity index (χ2v) is 18.8. The molecule has 0 N–H and O–H groups in total. The van der Waals surface area contributed by atoms with Crippen molar-refractivity contribution in [2.45, 2.75) is 71.5 Å². The first-order valence-electron chi connectivity index (χ1n) is 17.8. The quantitative estimate of drug-likeness (QED) is 0.152. The topological polar surface area (TPSA) is 34.1 Å². The number of benzene rings is 7. The van der Waals surface area contributed by atoms with E-state index in [0.717, 1.165) is 49.4 Å². The maximum atomic E-state index is 15.3. The highest BCUT2D eigenvalue weighted by atomic mass is 32.2. The Morgan fingerprint density at radius 3 is 1.34 bits per heavy atom. The highest BCUT2D eigenvalue weighted by Crippen LogP contribution is 2.48. The smallest absolute Gasteiger partial charge is 0.288 e. The summed E-state index contributed by atoms with van der Waals surface area (Å²) in [6.07, 6.45) is -4.53. The van der Waals surface area contributed by atoms with E-state index in [1.54, 1.807) is 18.2 Å². The van der Waals surface area contributed by atoms with E-state index in [9.17, 15) is 13.2 Å². The van der Waals surface area contributed by atoms with Gasteiger partial charge in [0.15, 0.2) is 11.6 Å². The molecule has 9 heteroatoms. The zero-order valence-electron chi connectivity index (χ0n) is 30.4. The van der Waals surface area contributed by atoms with Crippen LogP contribution in [-0.4, -0.2) is 11.6 Å². The van der Waals surface area contributed by atoms with Crippen LogP contribution in [0.3, 0.4) is 0 Å². The third-order valence-corrected chi connectivity index (χ3v) is 13.7. The fourth-order valence-electron chi connectivity index (χ4n) is 6.61. The molecule has 0 atom stereocenters. The highest BCUT2D eigenvalue weighted by Gasteiger charge is 2.38. The molecule has 8 rings (SSSR count). The molecule has 0 heterocycles. The van der Waals surface area contributed by atoms with Crippen molar-refractivity contribution in [3.8, 4) is 0 Å². The lowest BCUT2D eigenvalue weighted by atomic mass is 9.84. The van der Waals surface area contributed by atoms with Gasteiger partial charge in [0.05, 0.1) is 5.56 Å². The second kappa shape index (κ2) is 15.3. The van der Waals surface area contributed by atoms with Gasteiger partial charge in [-0.25, -0.2) is 0 Å². The van der Waals surface area contributed by atoms with Crippen molar-refractivity contribution in [1.29, 1.82) is 0 Å². The van der Waals surface area contributed by atoms with Crippen LogP contribution in [0, 0.1) is 0 Å². The minimum absolute atomic E-state index is 0.0350. The van der Waals surface area contributed by atoms with Gasteiger partial charge in [-0.2, -0.15) is 13.2 Å². The molecule has 7 aromatic rings. The molecular weight excluding hydrogens is 782 g/mol. The predicted molar refractivity (Wildman–Crippen MR) is 223 cm³/mol. The van der Waals surface area contributed by atoms with Gasteiger partial charge in [-0.1, -0.05) is 135 Å². The monoisotopic (exact) mass is 814 g/mol. The minimum Gasteiger partial charge on any atom is -0.288 e. The fourth-order valence-corrected chi connectivity index (χ4v) is 10.6. The summed E-state index contributed by atoms with van der Waals surface area (Å²) in [5, 5.41) is 2.13. The van der Waals surface area contributed by atoms with Gasteiger partial charge in [-0.05, 0) is 101 Å². The Balaban J connectivity index is 1.30. The standard InChI is InChI=1S/C47H33F3O2S4/c1-46(2,3)30-17-20-33(21-18-30)54-37-23-25-39(56-35-19-16-28-10-7-8-11-29(28)26-35)43-41(37)44(51)40-36(53-32-13-5-4-6-14-32)22-24-38(42(40)45(43)52)55-34-15-9-12-31(27-34)47(48,49)50/h4-27H,1-3H3. The number of ketones is 2. The minimum atomic E-state index is -4.53. The van der Waals surface area contributed by atoms with Crippen molar-refractivity contribution in [2.24, 2.45) is 0 Å². The number of halogens is 3. The van der Waals surface area contributed by atoms with E-state index in [0.29, 0.717) is 35.6 Å². The second-order valence-electron chi connectivity index (χ2n) is 14.3. The van der Waals surface area contributed by atoms with Crippen LogP contribution in [0.25, 0.3) is 10.8 Å². The van der Waals surface area contributed by atoms with Gasteiger partial charge in [0.25, 0.3) is 0 Å². The van der Waals surface area contributed by atoms with Crippen molar-refractivity contribution in [2.75, 3.05) is 0 Å². The molecule has 0 fully saturated rings. The molecule has 0 aliphatic heterocycles. The van der Waals surface area contributed by atoms with E-state index in [1.807, 2.05) is 91.0 Å². The third kappa shape index (κ3) is 7.83. The largest absolute Gasteiger partial charge is 0.416 e. The molecule has 7 aromatic carbocycles.